The monoisotopic (exact) mass is 396 g/mol. The van der Waals surface area contributed by atoms with Gasteiger partial charge in [-0.1, -0.05) is 6.42 Å². The van der Waals surface area contributed by atoms with E-state index in [4.69, 9.17) is 9.15 Å². The van der Waals surface area contributed by atoms with E-state index in [2.05, 4.69) is 10.3 Å². The van der Waals surface area contributed by atoms with Crippen LogP contribution in [0.4, 0.5) is 5.00 Å². The Labute approximate surface area is 166 Å². The van der Waals surface area contributed by atoms with Gasteiger partial charge in [-0.2, -0.15) is 0 Å². The number of esters is 1. The molecule has 0 aliphatic heterocycles. The number of carbonyl (C=O) groups excluding carboxylic acids is 2. The second-order valence-corrected chi connectivity index (χ2v) is 7.57. The summed E-state index contributed by atoms with van der Waals surface area (Å²) in [6.07, 6.45) is 9.79. The molecule has 1 saturated carbocycles. The van der Waals surface area contributed by atoms with Crippen molar-refractivity contribution in [3.8, 4) is 11.1 Å². The molecular weight excluding hydrogens is 376 g/mol. The Morgan fingerprint density at radius 3 is 2.64 bits per heavy atom. The Bertz CT molecular complexity index is 944. The van der Waals surface area contributed by atoms with Crippen molar-refractivity contribution >= 4 is 28.2 Å². The van der Waals surface area contributed by atoms with Crippen LogP contribution in [0.3, 0.4) is 0 Å². The summed E-state index contributed by atoms with van der Waals surface area (Å²) in [6.45, 7) is 0. The average molecular weight is 396 g/mol. The third-order valence-electron chi connectivity index (χ3n) is 4.78. The number of ether oxygens (including phenoxy) is 1. The normalized spacial score (nSPS) is 14.6. The van der Waals surface area contributed by atoms with Crippen LogP contribution in [0.5, 0.6) is 0 Å². The van der Waals surface area contributed by atoms with Gasteiger partial charge >= 0.3 is 5.97 Å². The molecule has 0 spiro atoms. The highest BCUT2D eigenvalue weighted by atomic mass is 32.1. The van der Waals surface area contributed by atoms with E-state index in [-0.39, 0.29) is 11.9 Å². The summed E-state index contributed by atoms with van der Waals surface area (Å²) < 4.78 is 10.9. The molecule has 6 nitrogen and oxygen atoms in total. The quantitative estimate of drug-likeness (QED) is 0.604. The van der Waals surface area contributed by atoms with Gasteiger partial charge in [0.05, 0.1) is 6.26 Å². The molecule has 1 N–H and O–H groups in total. The lowest BCUT2D eigenvalue weighted by molar-refractivity contribution is 0.0214. The van der Waals surface area contributed by atoms with Crippen LogP contribution >= 0.6 is 11.3 Å². The first kappa shape index (κ1) is 18.4. The molecule has 1 fully saturated rings. The number of hydrogen-bond donors (Lipinski definition) is 1. The molecule has 7 heteroatoms. The predicted molar refractivity (Wildman–Crippen MR) is 106 cm³/mol. The van der Waals surface area contributed by atoms with E-state index in [0.29, 0.717) is 10.6 Å². The maximum absolute atomic E-state index is 13.1. The summed E-state index contributed by atoms with van der Waals surface area (Å²) in [7, 11) is 0. The maximum atomic E-state index is 13.1. The molecule has 4 rings (SSSR count). The molecule has 3 aromatic rings. The molecule has 0 radical (unpaired) electrons. The Hall–Kier alpha value is -2.93. The molecule has 144 valence electrons. The molecule has 1 aliphatic carbocycles. The molecule has 0 aromatic carbocycles. The van der Waals surface area contributed by atoms with Crippen LogP contribution in [0.2, 0.25) is 0 Å². The fourth-order valence-electron chi connectivity index (χ4n) is 3.36. The van der Waals surface area contributed by atoms with Crippen LogP contribution in [-0.4, -0.2) is 23.0 Å². The number of pyridine rings is 1. The van der Waals surface area contributed by atoms with Gasteiger partial charge in [0.25, 0.3) is 5.91 Å². The van der Waals surface area contributed by atoms with Crippen molar-refractivity contribution in [3.63, 3.8) is 0 Å². The van der Waals surface area contributed by atoms with Gasteiger partial charge in [-0.3, -0.25) is 9.78 Å². The minimum absolute atomic E-state index is 0.0694. The molecule has 1 aliphatic rings. The van der Waals surface area contributed by atoms with Crippen molar-refractivity contribution in [2.45, 2.75) is 38.2 Å². The van der Waals surface area contributed by atoms with Gasteiger partial charge in [0.1, 0.15) is 16.7 Å². The van der Waals surface area contributed by atoms with Crippen molar-refractivity contribution in [1.82, 2.24) is 4.98 Å². The van der Waals surface area contributed by atoms with Crippen LogP contribution in [0.15, 0.2) is 52.7 Å². The zero-order valence-electron chi connectivity index (χ0n) is 15.2. The fraction of sp³-hybridized carbons (Fsp3) is 0.286. The number of nitrogens with zero attached hydrogens (tertiary/aromatic N) is 1. The van der Waals surface area contributed by atoms with Crippen molar-refractivity contribution < 1.29 is 18.7 Å². The van der Waals surface area contributed by atoms with Crippen LogP contribution in [0, 0.1) is 0 Å². The van der Waals surface area contributed by atoms with E-state index < -0.39 is 11.9 Å². The van der Waals surface area contributed by atoms with E-state index in [0.717, 1.165) is 36.8 Å². The third kappa shape index (κ3) is 3.99. The van der Waals surface area contributed by atoms with Crippen LogP contribution in [-0.2, 0) is 4.74 Å². The number of carbonyl (C=O) groups is 2. The number of furan rings is 1. The highest BCUT2D eigenvalue weighted by Crippen LogP contribution is 2.37. The average Bonchev–Trinajstić information content (AvgIpc) is 3.40. The summed E-state index contributed by atoms with van der Waals surface area (Å²) in [5.74, 6) is -0.625. The standard InChI is InChI=1S/C21H20N2O4S/c24-19(17-7-4-12-26-17)23-20-18(21(25)27-15-5-2-1-3-6-15)16(13-28-20)14-8-10-22-11-9-14/h4,7-13,15H,1-3,5-6H2,(H,23,24). The van der Waals surface area contributed by atoms with Crippen molar-refractivity contribution in [2.75, 3.05) is 5.32 Å². The summed E-state index contributed by atoms with van der Waals surface area (Å²) in [4.78, 5) is 29.5. The van der Waals surface area contributed by atoms with Crippen LogP contribution in [0.25, 0.3) is 11.1 Å². The summed E-state index contributed by atoms with van der Waals surface area (Å²) in [5.41, 5.74) is 1.95. The first-order valence-corrected chi connectivity index (χ1v) is 10.2. The Morgan fingerprint density at radius 2 is 1.93 bits per heavy atom. The largest absolute Gasteiger partial charge is 0.459 e. The number of rotatable bonds is 5. The molecule has 3 heterocycles. The zero-order valence-corrected chi connectivity index (χ0v) is 16.0. The van der Waals surface area contributed by atoms with Gasteiger partial charge in [-0.05, 0) is 55.5 Å². The smallest absolute Gasteiger partial charge is 0.342 e. The van der Waals surface area contributed by atoms with Gasteiger partial charge in [-0.25, -0.2) is 4.79 Å². The molecule has 1 amide bonds. The lowest BCUT2D eigenvalue weighted by Crippen LogP contribution is -2.22. The Morgan fingerprint density at radius 1 is 1.14 bits per heavy atom. The minimum atomic E-state index is -0.408. The van der Waals surface area contributed by atoms with Gasteiger partial charge in [0.15, 0.2) is 5.76 Å². The van der Waals surface area contributed by atoms with Crippen molar-refractivity contribution in [3.05, 3.63) is 59.6 Å². The third-order valence-corrected chi connectivity index (χ3v) is 5.68. The number of hydrogen-bond acceptors (Lipinski definition) is 6. The maximum Gasteiger partial charge on any atom is 0.342 e. The van der Waals surface area contributed by atoms with Crippen molar-refractivity contribution in [1.29, 1.82) is 0 Å². The van der Waals surface area contributed by atoms with E-state index in [1.807, 2.05) is 17.5 Å². The first-order chi connectivity index (χ1) is 13.7. The summed E-state index contributed by atoms with van der Waals surface area (Å²) in [6, 6.07) is 6.88. The van der Waals surface area contributed by atoms with Crippen LogP contribution < -0.4 is 5.32 Å². The lowest BCUT2D eigenvalue weighted by atomic mass is 9.97. The lowest BCUT2D eigenvalue weighted by Gasteiger charge is -2.22. The van der Waals surface area contributed by atoms with Crippen molar-refractivity contribution in [2.24, 2.45) is 0 Å². The number of nitrogens with one attached hydrogen (secondary N) is 1. The Kier molecular flexibility index (Phi) is 5.53. The van der Waals surface area contributed by atoms with Gasteiger partial charge < -0.3 is 14.5 Å². The Balaban J connectivity index is 1.64. The number of aromatic nitrogens is 1. The van der Waals surface area contributed by atoms with E-state index in [1.54, 1.807) is 24.5 Å². The van der Waals surface area contributed by atoms with E-state index >= 15 is 0 Å². The van der Waals surface area contributed by atoms with E-state index in [1.165, 1.54) is 24.0 Å². The SMILES string of the molecule is O=C(Nc1scc(-c2ccncc2)c1C(=O)OC1CCCCC1)c1ccco1. The number of amides is 1. The number of thiophene rings is 1. The van der Waals surface area contributed by atoms with Gasteiger partial charge in [0.2, 0.25) is 0 Å². The zero-order chi connectivity index (χ0) is 19.3. The number of anilines is 1. The topological polar surface area (TPSA) is 81.4 Å². The summed E-state index contributed by atoms with van der Waals surface area (Å²) >= 11 is 1.29. The first-order valence-electron chi connectivity index (χ1n) is 9.30. The minimum Gasteiger partial charge on any atom is -0.459 e. The van der Waals surface area contributed by atoms with E-state index in [9.17, 15) is 9.59 Å². The highest BCUT2D eigenvalue weighted by Gasteiger charge is 2.26. The highest BCUT2D eigenvalue weighted by molar-refractivity contribution is 7.15. The predicted octanol–water partition coefficient (Wildman–Crippen LogP) is 5.14. The molecule has 0 bridgehead atoms. The molecule has 3 aromatic heterocycles. The molecular formula is C21H20N2O4S. The molecule has 28 heavy (non-hydrogen) atoms. The molecule has 0 atom stereocenters. The van der Waals surface area contributed by atoms with Gasteiger partial charge in [0, 0.05) is 23.3 Å². The molecule has 0 unspecified atom stereocenters. The second-order valence-electron chi connectivity index (χ2n) is 6.69. The molecule has 0 saturated heterocycles. The fourth-order valence-corrected chi connectivity index (χ4v) is 4.31. The van der Waals surface area contributed by atoms with Gasteiger partial charge in [-0.15, -0.1) is 11.3 Å². The second kappa shape index (κ2) is 8.39. The van der Waals surface area contributed by atoms with Crippen LogP contribution in [0.1, 0.15) is 53.0 Å². The summed E-state index contributed by atoms with van der Waals surface area (Å²) in [5, 5.41) is 5.10.